The van der Waals surface area contributed by atoms with Gasteiger partial charge in [0.25, 0.3) is 0 Å². The number of aromatic nitrogens is 2. The molecule has 1 heterocycles. The predicted octanol–water partition coefficient (Wildman–Crippen LogP) is 1.22. The molecule has 2 N–H and O–H groups in total. The van der Waals surface area contributed by atoms with Crippen molar-refractivity contribution in [3.8, 4) is 0 Å². The van der Waals surface area contributed by atoms with Gasteiger partial charge in [0.1, 0.15) is 0 Å². The number of nitrogens with zero attached hydrogens (tertiary/aromatic N) is 2. The van der Waals surface area contributed by atoms with Gasteiger partial charge in [0, 0.05) is 7.05 Å². The molecule has 0 saturated heterocycles. The number of carbonyl (C=O) groups is 2. The molecule has 0 bridgehead atoms. The van der Waals surface area contributed by atoms with Crippen LogP contribution in [0.15, 0.2) is 0 Å². The third-order valence-electron chi connectivity index (χ3n) is 1.68. The summed E-state index contributed by atoms with van der Waals surface area (Å²) >= 11 is 1.49. The van der Waals surface area contributed by atoms with Crippen molar-refractivity contribution in [3.05, 3.63) is 9.26 Å². The first kappa shape index (κ1) is 13.7. The van der Waals surface area contributed by atoms with Crippen LogP contribution in [0.4, 0.5) is 19.0 Å². The minimum absolute atomic E-state index is 0.0739. The van der Waals surface area contributed by atoms with Crippen LogP contribution in [0.25, 0.3) is 0 Å². The van der Waals surface area contributed by atoms with E-state index in [2.05, 4.69) is 5.10 Å². The Labute approximate surface area is 106 Å². The maximum atomic E-state index is 12.0. The molecule has 1 amide bonds. The van der Waals surface area contributed by atoms with Crippen LogP contribution in [-0.4, -0.2) is 32.9 Å². The van der Waals surface area contributed by atoms with E-state index in [1.807, 2.05) is 0 Å². The second kappa shape index (κ2) is 4.50. The SMILES string of the molecule is Cn1nc(NC(=O)C(F)(F)F)c(I)c1C(=O)O. The Kier molecular flexibility index (Phi) is 3.64. The molecule has 0 aliphatic rings. The largest absolute Gasteiger partial charge is 0.476 e. The lowest BCUT2D eigenvalue weighted by molar-refractivity contribution is -0.167. The summed E-state index contributed by atoms with van der Waals surface area (Å²) < 4.78 is 36.7. The second-order valence-electron chi connectivity index (χ2n) is 2.89. The molecule has 0 radical (unpaired) electrons. The van der Waals surface area contributed by atoms with Crippen molar-refractivity contribution >= 4 is 40.3 Å². The van der Waals surface area contributed by atoms with Gasteiger partial charge in [-0.25, -0.2) is 4.79 Å². The molecule has 6 nitrogen and oxygen atoms in total. The zero-order chi connectivity index (χ0) is 13.4. The summed E-state index contributed by atoms with van der Waals surface area (Å²) in [5, 5.41) is 13.7. The van der Waals surface area contributed by atoms with E-state index in [0.29, 0.717) is 0 Å². The number of hydrogen-bond acceptors (Lipinski definition) is 3. The van der Waals surface area contributed by atoms with Gasteiger partial charge in [-0.3, -0.25) is 9.48 Å². The first-order valence-electron chi connectivity index (χ1n) is 3.98. The first-order chi connectivity index (χ1) is 7.64. The van der Waals surface area contributed by atoms with Gasteiger partial charge in [-0.2, -0.15) is 18.3 Å². The van der Waals surface area contributed by atoms with Crippen LogP contribution in [0.1, 0.15) is 10.5 Å². The van der Waals surface area contributed by atoms with Crippen molar-refractivity contribution in [2.45, 2.75) is 6.18 Å². The fourth-order valence-corrected chi connectivity index (χ4v) is 1.81. The quantitative estimate of drug-likeness (QED) is 0.775. The van der Waals surface area contributed by atoms with Crippen LogP contribution < -0.4 is 5.32 Å². The molecular formula is C7H5F3IN3O3. The van der Waals surface area contributed by atoms with Crippen LogP contribution in [0.3, 0.4) is 0 Å². The summed E-state index contributed by atoms with van der Waals surface area (Å²) in [6.45, 7) is 0. The van der Waals surface area contributed by atoms with E-state index in [4.69, 9.17) is 5.11 Å². The van der Waals surface area contributed by atoms with E-state index in [1.54, 1.807) is 0 Å². The van der Waals surface area contributed by atoms with Crippen LogP contribution in [-0.2, 0) is 11.8 Å². The Bertz CT molecular complexity index is 483. The Balaban J connectivity index is 3.06. The topological polar surface area (TPSA) is 84.2 Å². The van der Waals surface area contributed by atoms with E-state index in [-0.39, 0.29) is 9.26 Å². The van der Waals surface area contributed by atoms with Crippen molar-refractivity contribution in [1.29, 1.82) is 0 Å². The summed E-state index contributed by atoms with van der Waals surface area (Å²) in [4.78, 5) is 21.4. The Morgan fingerprint density at radius 1 is 1.47 bits per heavy atom. The third-order valence-corrected chi connectivity index (χ3v) is 2.70. The summed E-state index contributed by atoms with van der Waals surface area (Å²) in [7, 11) is 1.24. The number of rotatable bonds is 2. The predicted molar refractivity (Wildman–Crippen MR) is 57.6 cm³/mol. The highest BCUT2D eigenvalue weighted by Gasteiger charge is 2.39. The molecule has 0 fully saturated rings. The molecule has 0 atom stereocenters. The molecule has 1 aromatic rings. The number of alkyl halides is 3. The maximum Gasteiger partial charge on any atom is 0.471 e. The van der Waals surface area contributed by atoms with Crippen LogP contribution in [0.2, 0.25) is 0 Å². The Morgan fingerprint density at radius 3 is 2.35 bits per heavy atom. The molecule has 17 heavy (non-hydrogen) atoms. The van der Waals surface area contributed by atoms with Crippen molar-refractivity contribution in [3.63, 3.8) is 0 Å². The smallest absolute Gasteiger partial charge is 0.471 e. The van der Waals surface area contributed by atoms with Crippen molar-refractivity contribution in [1.82, 2.24) is 9.78 Å². The van der Waals surface area contributed by atoms with Gasteiger partial charge < -0.3 is 10.4 Å². The number of carboxylic acids is 1. The molecule has 94 valence electrons. The molecule has 0 aliphatic carbocycles. The number of hydrogen-bond donors (Lipinski definition) is 2. The normalized spacial score (nSPS) is 11.4. The average molecular weight is 363 g/mol. The lowest BCUT2D eigenvalue weighted by Gasteiger charge is -2.05. The van der Waals surface area contributed by atoms with Gasteiger partial charge in [0.05, 0.1) is 3.57 Å². The number of anilines is 1. The lowest BCUT2D eigenvalue weighted by Crippen LogP contribution is -2.30. The third kappa shape index (κ3) is 2.87. The summed E-state index contributed by atoms with van der Waals surface area (Å²) in [6, 6.07) is 0. The number of aryl methyl sites for hydroxylation is 1. The Hall–Kier alpha value is -1.33. The maximum absolute atomic E-state index is 12.0. The molecule has 0 spiro atoms. The highest BCUT2D eigenvalue weighted by Crippen LogP contribution is 2.23. The summed E-state index contributed by atoms with van der Waals surface area (Å²) in [6.07, 6.45) is -5.05. The van der Waals surface area contributed by atoms with Crippen LogP contribution >= 0.6 is 22.6 Å². The number of halogens is 4. The van der Waals surface area contributed by atoms with Gasteiger partial charge in [0.15, 0.2) is 11.5 Å². The first-order valence-corrected chi connectivity index (χ1v) is 5.06. The van der Waals surface area contributed by atoms with E-state index in [9.17, 15) is 22.8 Å². The van der Waals surface area contributed by atoms with E-state index in [0.717, 1.165) is 4.68 Å². The van der Waals surface area contributed by atoms with Crippen molar-refractivity contribution in [2.75, 3.05) is 5.32 Å². The number of aromatic carboxylic acids is 1. The van der Waals surface area contributed by atoms with Gasteiger partial charge >= 0.3 is 18.1 Å². The zero-order valence-electron chi connectivity index (χ0n) is 8.17. The minimum atomic E-state index is -5.05. The van der Waals surface area contributed by atoms with E-state index in [1.165, 1.54) is 35.0 Å². The molecule has 1 aromatic heterocycles. The van der Waals surface area contributed by atoms with Crippen molar-refractivity contribution < 1.29 is 27.9 Å². The van der Waals surface area contributed by atoms with Gasteiger partial charge in [-0.1, -0.05) is 0 Å². The van der Waals surface area contributed by atoms with E-state index >= 15 is 0 Å². The lowest BCUT2D eigenvalue weighted by atomic mass is 10.4. The molecule has 0 aliphatic heterocycles. The van der Waals surface area contributed by atoms with Gasteiger partial charge in [-0.15, -0.1) is 0 Å². The zero-order valence-corrected chi connectivity index (χ0v) is 10.3. The highest BCUT2D eigenvalue weighted by atomic mass is 127. The highest BCUT2D eigenvalue weighted by molar-refractivity contribution is 14.1. The Morgan fingerprint density at radius 2 is 2.00 bits per heavy atom. The molecular weight excluding hydrogens is 358 g/mol. The van der Waals surface area contributed by atoms with Gasteiger partial charge in [0.2, 0.25) is 0 Å². The second-order valence-corrected chi connectivity index (χ2v) is 3.97. The molecule has 0 unspecified atom stereocenters. The number of nitrogens with one attached hydrogen (secondary N) is 1. The summed E-state index contributed by atoms with van der Waals surface area (Å²) in [5.74, 6) is -3.99. The van der Waals surface area contributed by atoms with E-state index < -0.39 is 23.9 Å². The van der Waals surface area contributed by atoms with Crippen LogP contribution in [0.5, 0.6) is 0 Å². The number of carboxylic acid groups (broad SMARTS) is 1. The van der Waals surface area contributed by atoms with Gasteiger partial charge in [-0.05, 0) is 22.6 Å². The molecule has 1 rings (SSSR count). The molecule has 0 saturated carbocycles. The fraction of sp³-hybridized carbons (Fsp3) is 0.286. The minimum Gasteiger partial charge on any atom is -0.476 e. The average Bonchev–Trinajstić information content (AvgIpc) is 2.40. The number of amides is 1. The monoisotopic (exact) mass is 363 g/mol. The molecule has 0 aromatic carbocycles. The number of carbonyl (C=O) groups excluding carboxylic acids is 1. The van der Waals surface area contributed by atoms with Crippen LogP contribution in [0, 0.1) is 3.57 Å². The standard InChI is InChI=1S/C7H5F3IN3O3/c1-14-3(5(15)16)2(11)4(13-14)12-6(17)7(8,9)10/h1H3,(H,15,16)(H,12,13,17). The molecule has 10 heteroatoms. The van der Waals surface area contributed by atoms with Crippen molar-refractivity contribution in [2.24, 2.45) is 7.05 Å². The fourth-order valence-electron chi connectivity index (χ4n) is 0.989. The summed E-state index contributed by atoms with van der Waals surface area (Å²) in [5.41, 5.74) is -0.303.